The predicted octanol–water partition coefficient (Wildman–Crippen LogP) is 9.75. The number of anilines is 1. The van der Waals surface area contributed by atoms with E-state index in [1.165, 1.54) is 50.9 Å². The van der Waals surface area contributed by atoms with Crippen molar-refractivity contribution in [2.24, 2.45) is 0 Å². The van der Waals surface area contributed by atoms with E-state index >= 15 is 0 Å². The van der Waals surface area contributed by atoms with Gasteiger partial charge in [-0.1, -0.05) is 103 Å². The van der Waals surface area contributed by atoms with E-state index < -0.39 is 0 Å². The quantitative estimate of drug-likeness (QED) is 0.103. The first kappa shape index (κ1) is 32.0. The van der Waals surface area contributed by atoms with Crippen LogP contribution in [0.15, 0.2) is 161 Å². The third kappa shape index (κ3) is 5.67. The van der Waals surface area contributed by atoms with E-state index in [2.05, 4.69) is 162 Å². The molecular formula is C47H34IN2S2+. The molecule has 0 amide bonds. The summed E-state index contributed by atoms with van der Waals surface area (Å²) < 4.78 is 6.33. The van der Waals surface area contributed by atoms with Crippen LogP contribution >= 0.6 is 23.1 Å². The SMILES string of the molecule is Nc1c(/C=C\[I+]c2ccccc2)ccc2ccc(-c3cc(-c4cccc5sc6ccccc6c45)cc(C4CC=CC5Sc6ccccc6C54)c3)nc12. The average Bonchev–Trinajstić information content (AvgIpc) is 3.78. The maximum absolute atomic E-state index is 6.91. The summed E-state index contributed by atoms with van der Waals surface area (Å²) in [6, 6.07) is 51.2. The summed E-state index contributed by atoms with van der Waals surface area (Å²) >= 11 is 3.65. The molecule has 3 unspecified atom stereocenters. The van der Waals surface area contributed by atoms with Gasteiger partial charge in [-0.25, -0.2) is 4.98 Å². The first-order valence-corrected chi connectivity index (χ1v) is 21.7. The lowest BCUT2D eigenvalue weighted by Crippen LogP contribution is -3.59. The molecule has 3 heterocycles. The van der Waals surface area contributed by atoms with Gasteiger partial charge in [0.25, 0.3) is 0 Å². The molecule has 0 saturated carbocycles. The number of hydrogen-bond donors (Lipinski definition) is 1. The molecule has 0 radical (unpaired) electrons. The molecule has 0 bridgehead atoms. The highest BCUT2D eigenvalue weighted by atomic mass is 127. The zero-order chi connectivity index (χ0) is 34.6. The Morgan fingerprint density at radius 2 is 1.56 bits per heavy atom. The van der Waals surface area contributed by atoms with Gasteiger partial charge in [-0.2, -0.15) is 0 Å². The summed E-state index contributed by atoms with van der Waals surface area (Å²) in [5.74, 6) is 0.791. The summed E-state index contributed by atoms with van der Waals surface area (Å²) in [6.45, 7) is 0. The summed E-state index contributed by atoms with van der Waals surface area (Å²) in [4.78, 5) is 6.75. The fraction of sp³-hybridized carbons (Fsp3) is 0.0851. The molecule has 0 saturated heterocycles. The fourth-order valence-corrected chi connectivity index (χ4v) is 12.5. The molecule has 8 aromatic rings. The number of hydrogen-bond acceptors (Lipinski definition) is 4. The molecule has 0 spiro atoms. The van der Waals surface area contributed by atoms with Crippen molar-refractivity contribution in [2.75, 3.05) is 5.73 Å². The second kappa shape index (κ2) is 13.4. The molecule has 52 heavy (non-hydrogen) atoms. The Balaban J connectivity index is 1.13. The number of thioether (sulfide) groups is 1. The minimum atomic E-state index is -0.240. The zero-order valence-electron chi connectivity index (χ0n) is 28.2. The van der Waals surface area contributed by atoms with Crippen LogP contribution in [0.3, 0.4) is 0 Å². The summed E-state index contributed by atoms with van der Waals surface area (Å²) in [6.07, 6.45) is 8.05. The van der Waals surface area contributed by atoms with Crippen molar-refractivity contribution < 1.29 is 21.2 Å². The average molecular weight is 818 g/mol. The van der Waals surface area contributed by atoms with Crippen molar-refractivity contribution in [1.29, 1.82) is 0 Å². The highest BCUT2D eigenvalue weighted by molar-refractivity contribution is 8.00. The van der Waals surface area contributed by atoms with Gasteiger partial charge in [0.05, 0.1) is 16.9 Å². The van der Waals surface area contributed by atoms with Gasteiger partial charge in [-0.15, -0.1) is 23.1 Å². The number of allylic oxidation sites excluding steroid dienone is 1. The van der Waals surface area contributed by atoms with Crippen LogP contribution in [0.1, 0.15) is 34.9 Å². The molecule has 10 rings (SSSR count). The van der Waals surface area contributed by atoms with Crippen LogP contribution in [0.4, 0.5) is 5.69 Å². The van der Waals surface area contributed by atoms with Crippen molar-refractivity contribution in [3.63, 3.8) is 0 Å². The molecule has 6 aromatic carbocycles. The van der Waals surface area contributed by atoms with Crippen LogP contribution in [-0.4, -0.2) is 10.2 Å². The van der Waals surface area contributed by atoms with Gasteiger partial charge >= 0.3 is 21.2 Å². The second-order valence-electron chi connectivity index (χ2n) is 13.6. The van der Waals surface area contributed by atoms with E-state index in [4.69, 9.17) is 10.7 Å². The van der Waals surface area contributed by atoms with E-state index in [1.807, 2.05) is 23.1 Å². The molecule has 2 aromatic heterocycles. The van der Waals surface area contributed by atoms with Crippen molar-refractivity contribution in [3.05, 3.63) is 176 Å². The Morgan fingerprint density at radius 3 is 2.50 bits per heavy atom. The number of thiophene rings is 1. The third-order valence-electron chi connectivity index (χ3n) is 10.5. The van der Waals surface area contributed by atoms with E-state index in [0.717, 1.165) is 39.8 Å². The summed E-state index contributed by atoms with van der Waals surface area (Å²) in [7, 11) is 0. The zero-order valence-corrected chi connectivity index (χ0v) is 32.0. The lowest BCUT2D eigenvalue weighted by atomic mass is 9.74. The highest BCUT2D eigenvalue weighted by Gasteiger charge is 2.39. The van der Waals surface area contributed by atoms with Gasteiger partial charge in [0, 0.05) is 52.7 Å². The fourth-order valence-electron chi connectivity index (χ4n) is 8.09. The Labute approximate surface area is 322 Å². The first-order valence-electron chi connectivity index (χ1n) is 17.7. The van der Waals surface area contributed by atoms with Crippen LogP contribution in [0.25, 0.3) is 59.5 Å². The lowest BCUT2D eigenvalue weighted by molar-refractivity contribution is -0.555. The Morgan fingerprint density at radius 1 is 0.750 bits per heavy atom. The van der Waals surface area contributed by atoms with Crippen molar-refractivity contribution in [3.8, 4) is 22.4 Å². The normalized spacial score (nSPS) is 18.0. The minimum absolute atomic E-state index is 0.240. The highest BCUT2D eigenvalue weighted by Crippen LogP contribution is 2.55. The van der Waals surface area contributed by atoms with Gasteiger partial charge < -0.3 is 5.73 Å². The van der Waals surface area contributed by atoms with Crippen LogP contribution in [0, 0.1) is 3.57 Å². The maximum atomic E-state index is 6.91. The van der Waals surface area contributed by atoms with Gasteiger partial charge in [-0.3, -0.25) is 0 Å². The molecule has 2 N–H and O–H groups in total. The molecule has 0 fully saturated rings. The Hall–Kier alpha value is -4.69. The van der Waals surface area contributed by atoms with Crippen molar-refractivity contribution in [2.45, 2.75) is 28.4 Å². The Kier molecular flexibility index (Phi) is 8.23. The van der Waals surface area contributed by atoms with E-state index in [9.17, 15) is 0 Å². The third-order valence-corrected chi connectivity index (χ3v) is 15.2. The number of fused-ring (bicyclic) bond motifs is 7. The molecule has 2 aliphatic rings. The molecule has 250 valence electrons. The predicted molar refractivity (Wildman–Crippen MR) is 219 cm³/mol. The topological polar surface area (TPSA) is 38.9 Å². The summed E-state index contributed by atoms with van der Waals surface area (Å²) in [5, 5.41) is 4.15. The van der Waals surface area contributed by atoms with Crippen molar-refractivity contribution in [1.82, 2.24) is 4.98 Å². The lowest BCUT2D eigenvalue weighted by Gasteiger charge is -2.31. The van der Waals surface area contributed by atoms with E-state index in [0.29, 0.717) is 17.1 Å². The van der Waals surface area contributed by atoms with Gasteiger partial charge in [0.1, 0.15) is 0 Å². The molecule has 3 atom stereocenters. The smallest absolute Gasteiger partial charge is 0.349 e. The number of aromatic nitrogens is 1. The van der Waals surface area contributed by atoms with Crippen LogP contribution in [0.5, 0.6) is 0 Å². The van der Waals surface area contributed by atoms with E-state index in [-0.39, 0.29) is 21.2 Å². The van der Waals surface area contributed by atoms with Crippen LogP contribution in [0.2, 0.25) is 0 Å². The van der Waals surface area contributed by atoms with E-state index in [1.54, 1.807) is 0 Å². The number of rotatable bonds is 6. The number of nitrogens with zero attached hydrogens (tertiary/aromatic N) is 1. The number of pyridine rings is 1. The van der Waals surface area contributed by atoms with Crippen LogP contribution < -0.4 is 26.9 Å². The van der Waals surface area contributed by atoms with Gasteiger partial charge in [0.15, 0.2) is 7.65 Å². The van der Waals surface area contributed by atoms with Gasteiger partial charge in [0.2, 0.25) is 0 Å². The maximum Gasteiger partial charge on any atom is 0.349 e. The summed E-state index contributed by atoms with van der Waals surface area (Å²) in [5.41, 5.74) is 17.0. The number of benzene rings is 6. The standard InChI is InChI=1S/C47H34IN2S2/c49-46-29(24-25-48-34-10-2-1-3-11-34)20-21-30-22-23-39(50-47(30)46)33-27-31(35-14-8-18-42-44(35)37-12-4-6-16-40(37)51-42)26-32(28-33)36-15-9-19-43-45(36)38-13-5-7-17-41(38)52-43/h1-14,16-28,36,43,45H,15,49H2/q+1/b25-24-. The molecule has 5 heteroatoms. The number of nitrogens with two attached hydrogens (primary N) is 1. The Bertz CT molecular complexity index is 2710. The largest absolute Gasteiger partial charge is 0.396 e. The number of nitrogen functional groups attached to an aromatic ring is 1. The molecule has 1 aliphatic carbocycles. The van der Waals surface area contributed by atoms with Crippen molar-refractivity contribution >= 4 is 65.9 Å². The second-order valence-corrected chi connectivity index (χ2v) is 18.5. The molecule has 2 nitrogen and oxygen atoms in total. The molecule has 1 aliphatic heterocycles. The number of halogens is 1. The molecular weight excluding hydrogens is 784 g/mol. The van der Waals surface area contributed by atoms with Crippen LogP contribution in [-0.2, 0) is 0 Å². The monoisotopic (exact) mass is 817 g/mol. The first-order chi connectivity index (χ1) is 25.7. The van der Waals surface area contributed by atoms with Gasteiger partial charge in [-0.05, 0) is 89.2 Å². The minimum Gasteiger partial charge on any atom is -0.396 e.